The number of aromatic nitrogens is 2. The number of nitrogens with zero attached hydrogens (tertiary/aromatic N) is 3. The van der Waals surface area contributed by atoms with E-state index in [1.54, 1.807) is 44.3 Å². The zero-order valence-electron chi connectivity index (χ0n) is 14.6. The fraction of sp³-hybridized carbons (Fsp3) is 0.167. The van der Waals surface area contributed by atoms with E-state index in [-0.39, 0.29) is 16.9 Å². The number of carbonyl (C=O) groups is 1. The van der Waals surface area contributed by atoms with E-state index in [2.05, 4.69) is 10.3 Å². The smallest absolute Gasteiger partial charge is 0.292 e. The number of nitrogens with one attached hydrogen (secondary N) is 1. The Hall–Kier alpha value is -3.20. The Morgan fingerprint density at radius 1 is 1.22 bits per heavy atom. The van der Waals surface area contributed by atoms with Gasteiger partial charge < -0.3 is 5.32 Å². The van der Waals surface area contributed by atoms with Crippen molar-refractivity contribution in [3.05, 3.63) is 69.0 Å². The second-order valence-corrected chi connectivity index (χ2v) is 7.11. The second kappa shape index (κ2) is 7.58. The van der Waals surface area contributed by atoms with Gasteiger partial charge in [-0.3, -0.25) is 24.3 Å². The van der Waals surface area contributed by atoms with Crippen molar-refractivity contribution in [2.45, 2.75) is 17.3 Å². The van der Waals surface area contributed by atoms with Crippen molar-refractivity contribution in [2.75, 3.05) is 5.32 Å². The molecule has 0 radical (unpaired) electrons. The van der Waals surface area contributed by atoms with Gasteiger partial charge in [0.05, 0.1) is 21.1 Å². The molecule has 1 aromatic heterocycles. The largest absolute Gasteiger partial charge is 0.319 e. The number of thioether (sulfide) groups is 1. The quantitative estimate of drug-likeness (QED) is 0.314. The van der Waals surface area contributed by atoms with Crippen LogP contribution in [-0.2, 0) is 11.8 Å². The summed E-state index contributed by atoms with van der Waals surface area (Å²) in [6, 6.07) is 12.9. The third-order valence-corrected chi connectivity index (χ3v) is 5.10. The minimum atomic E-state index is -0.621. The highest BCUT2D eigenvalue weighted by Crippen LogP contribution is 2.26. The number of carbonyl (C=O) groups excluding carboxylic acids is 1. The average Bonchev–Trinajstić information content (AvgIpc) is 2.66. The molecule has 1 heterocycles. The minimum absolute atomic E-state index is 0.125. The molecule has 27 heavy (non-hydrogen) atoms. The molecule has 0 fully saturated rings. The lowest BCUT2D eigenvalue weighted by Crippen LogP contribution is -2.25. The molecule has 9 heteroatoms. The Morgan fingerprint density at radius 3 is 2.63 bits per heavy atom. The van der Waals surface area contributed by atoms with Crippen LogP contribution in [0.25, 0.3) is 10.9 Å². The first kappa shape index (κ1) is 18.6. The van der Waals surface area contributed by atoms with Gasteiger partial charge in [-0.25, -0.2) is 4.98 Å². The van der Waals surface area contributed by atoms with Gasteiger partial charge in [-0.1, -0.05) is 36.0 Å². The maximum atomic E-state index is 12.5. The minimum Gasteiger partial charge on any atom is -0.319 e. The lowest BCUT2D eigenvalue weighted by atomic mass is 10.2. The first-order valence-corrected chi connectivity index (χ1v) is 8.93. The number of hydrogen-bond acceptors (Lipinski definition) is 6. The number of hydrogen-bond donors (Lipinski definition) is 1. The van der Waals surface area contributed by atoms with E-state index < -0.39 is 16.1 Å². The molecule has 3 rings (SSSR count). The standard InChI is InChI=1S/C18H16N4O4S/c1-11(16(23)19-14-9-5-6-10-15(14)22(25)26)27-18-20-13-8-4-3-7-12(13)17(24)21(18)2/h3-11H,1-2H3,(H,19,23). The van der Waals surface area contributed by atoms with Crippen LogP contribution in [0.15, 0.2) is 58.5 Å². The van der Waals surface area contributed by atoms with Gasteiger partial charge in [-0.15, -0.1) is 0 Å². The maximum Gasteiger partial charge on any atom is 0.292 e. The lowest BCUT2D eigenvalue weighted by molar-refractivity contribution is -0.383. The molecule has 0 saturated heterocycles. The molecular formula is C18H16N4O4S. The molecule has 0 aliphatic rings. The first-order chi connectivity index (χ1) is 12.9. The second-order valence-electron chi connectivity index (χ2n) is 5.80. The molecule has 0 saturated carbocycles. The van der Waals surface area contributed by atoms with E-state index >= 15 is 0 Å². The number of benzene rings is 2. The molecule has 0 aliphatic carbocycles. The fourth-order valence-corrected chi connectivity index (χ4v) is 3.36. The first-order valence-electron chi connectivity index (χ1n) is 8.05. The highest BCUT2D eigenvalue weighted by atomic mass is 32.2. The summed E-state index contributed by atoms with van der Waals surface area (Å²) in [5, 5.41) is 13.9. The van der Waals surface area contributed by atoms with Gasteiger partial charge in [0, 0.05) is 13.1 Å². The van der Waals surface area contributed by atoms with E-state index in [0.29, 0.717) is 16.1 Å². The van der Waals surface area contributed by atoms with Crippen molar-refractivity contribution < 1.29 is 9.72 Å². The topological polar surface area (TPSA) is 107 Å². The van der Waals surface area contributed by atoms with Crippen LogP contribution in [0.4, 0.5) is 11.4 Å². The Balaban J connectivity index is 1.84. The highest BCUT2D eigenvalue weighted by molar-refractivity contribution is 8.00. The van der Waals surface area contributed by atoms with Gasteiger partial charge in [0.1, 0.15) is 5.69 Å². The van der Waals surface area contributed by atoms with E-state index in [9.17, 15) is 19.7 Å². The molecule has 138 valence electrons. The highest BCUT2D eigenvalue weighted by Gasteiger charge is 2.21. The van der Waals surface area contributed by atoms with Crippen molar-refractivity contribution in [3.8, 4) is 0 Å². The summed E-state index contributed by atoms with van der Waals surface area (Å²) in [5.74, 6) is -0.420. The van der Waals surface area contributed by atoms with Gasteiger partial charge >= 0.3 is 0 Å². The molecule has 0 spiro atoms. The predicted molar refractivity (Wildman–Crippen MR) is 104 cm³/mol. The SMILES string of the molecule is CC(Sc1nc2ccccc2c(=O)n1C)C(=O)Nc1ccccc1[N+](=O)[O-]. The number of para-hydroxylation sites is 3. The van der Waals surface area contributed by atoms with Crippen LogP contribution in [0.2, 0.25) is 0 Å². The van der Waals surface area contributed by atoms with E-state index in [0.717, 1.165) is 11.8 Å². The summed E-state index contributed by atoms with van der Waals surface area (Å²) in [6.45, 7) is 1.65. The molecule has 3 aromatic rings. The number of nitro benzene ring substituents is 1. The van der Waals surface area contributed by atoms with Gasteiger partial charge in [0.2, 0.25) is 5.91 Å². The molecule has 2 aromatic carbocycles. The number of amides is 1. The molecule has 1 N–H and O–H groups in total. The van der Waals surface area contributed by atoms with E-state index in [1.807, 2.05) is 0 Å². The zero-order valence-corrected chi connectivity index (χ0v) is 15.4. The van der Waals surface area contributed by atoms with Crippen LogP contribution in [0, 0.1) is 10.1 Å². The van der Waals surface area contributed by atoms with Gasteiger partial charge in [-0.05, 0) is 25.1 Å². The van der Waals surface area contributed by atoms with Crippen LogP contribution in [0.3, 0.4) is 0 Å². The van der Waals surface area contributed by atoms with Crippen LogP contribution < -0.4 is 10.9 Å². The Bertz CT molecular complexity index is 1100. The van der Waals surface area contributed by atoms with Crippen LogP contribution in [0.1, 0.15) is 6.92 Å². The number of anilines is 1. The maximum absolute atomic E-state index is 12.5. The van der Waals surface area contributed by atoms with Crippen LogP contribution in [-0.4, -0.2) is 25.6 Å². The number of fused-ring (bicyclic) bond motifs is 1. The zero-order chi connectivity index (χ0) is 19.6. The molecule has 1 amide bonds. The molecule has 1 atom stereocenters. The summed E-state index contributed by atoms with van der Waals surface area (Å²) in [5.41, 5.74) is 0.295. The third kappa shape index (κ3) is 3.82. The summed E-state index contributed by atoms with van der Waals surface area (Å²) in [7, 11) is 1.59. The predicted octanol–water partition coefficient (Wildman–Crippen LogP) is 2.96. The molecule has 8 nitrogen and oxygen atoms in total. The summed E-state index contributed by atoms with van der Waals surface area (Å²) in [4.78, 5) is 39.9. The Kier molecular flexibility index (Phi) is 5.22. The Morgan fingerprint density at radius 2 is 1.89 bits per heavy atom. The summed E-state index contributed by atoms with van der Waals surface area (Å²) in [6.07, 6.45) is 0. The summed E-state index contributed by atoms with van der Waals surface area (Å²) < 4.78 is 1.39. The third-order valence-electron chi connectivity index (χ3n) is 3.95. The van der Waals surface area contributed by atoms with Gasteiger partial charge in [0.15, 0.2) is 5.16 Å². The average molecular weight is 384 g/mol. The molecule has 0 aliphatic heterocycles. The number of nitro groups is 1. The fourth-order valence-electron chi connectivity index (χ4n) is 2.49. The van der Waals surface area contributed by atoms with Gasteiger partial charge in [-0.2, -0.15) is 0 Å². The van der Waals surface area contributed by atoms with Crippen molar-refractivity contribution in [3.63, 3.8) is 0 Å². The molecular weight excluding hydrogens is 368 g/mol. The van der Waals surface area contributed by atoms with Crippen molar-refractivity contribution in [1.82, 2.24) is 9.55 Å². The van der Waals surface area contributed by atoms with Crippen molar-refractivity contribution in [2.24, 2.45) is 7.05 Å². The monoisotopic (exact) mass is 384 g/mol. The van der Waals surface area contributed by atoms with Crippen LogP contribution >= 0.6 is 11.8 Å². The molecule has 0 bridgehead atoms. The van der Waals surface area contributed by atoms with Crippen molar-refractivity contribution in [1.29, 1.82) is 0 Å². The number of rotatable bonds is 5. The van der Waals surface area contributed by atoms with E-state index in [4.69, 9.17) is 0 Å². The molecule has 1 unspecified atom stereocenters. The lowest BCUT2D eigenvalue weighted by Gasteiger charge is -2.14. The Labute approximate surface area is 158 Å². The van der Waals surface area contributed by atoms with E-state index in [1.165, 1.54) is 22.8 Å². The summed E-state index contributed by atoms with van der Waals surface area (Å²) >= 11 is 1.11. The normalized spacial score (nSPS) is 11.9. The van der Waals surface area contributed by atoms with Crippen molar-refractivity contribution >= 4 is 39.9 Å². The van der Waals surface area contributed by atoms with Gasteiger partial charge in [0.25, 0.3) is 11.2 Å². The van der Waals surface area contributed by atoms with Crippen LogP contribution in [0.5, 0.6) is 0 Å².